The first-order valence-electron chi connectivity index (χ1n) is 19.5. The fourth-order valence-electron chi connectivity index (χ4n) is 7.26. The van der Waals surface area contributed by atoms with E-state index in [-0.39, 0.29) is 71.4 Å². The summed E-state index contributed by atoms with van der Waals surface area (Å²) in [6.45, 7) is 7.03. The highest BCUT2D eigenvalue weighted by Gasteiger charge is 2.27. The third-order valence-corrected chi connectivity index (χ3v) is 10.2. The Labute approximate surface area is 348 Å². The van der Waals surface area contributed by atoms with Crippen molar-refractivity contribution in [1.29, 1.82) is 0 Å². The fourth-order valence-corrected chi connectivity index (χ4v) is 7.26. The van der Waals surface area contributed by atoms with Gasteiger partial charge >= 0.3 is 0 Å². The number of aromatic nitrogens is 8. The minimum absolute atomic E-state index is 0.0176. The van der Waals surface area contributed by atoms with Gasteiger partial charge in [-0.1, -0.05) is 0 Å². The number of aliphatic hydroxyl groups is 3. The maximum Gasteiger partial charge on any atom is 0.298 e. The summed E-state index contributed by atoms with van der Waals surface area (Å²) in [7, 11) is 4.60. The van der Waals surface area contributed by atoms with E-state index in [4.69, 9.17) is 20.9 Å². The van der Waals surface area contributed by atoms with Crippen molar-refractivity contribution in [3.05, 3.63) is 81.5 Å². The Hall–Kier alpha value is -6.84. The average Bonchev–Trinajstić information content (AvgIpc) is 3.95. The Morgan fingerprint density at radius 2 is 1.15 bits per heavy atom. The lowest BCUT2D eigenvalue weighted by molar-refractivity contribution is -0.000241. The second-order valence-electron chi connectivity index (χ2n) is 14.4. The number of benzene rings is 2. The lowest BCUT2D eigenvalue weighted by atomic mass is 10.1. The number of hydrogen-bond donors (Lipinski definition) is 5. The van der Waals surface area contributed by atoms with Gasteiger partial charge in [0.2, 0.25) is 23.1 Å². The van der Waals surface area contributed by atoms with E-state index in [9.17, 15) is 34.5 Å². The maximum atomic E-state index is 13.9. The van der Waals surface area contributed by atoms with Crippen LogP contribution in [-0.2, 0) is 40.3 Å². The average molecular weight is 843 g/mol. The quantitative estimate of drug-likeness (QED) is 0.0821. The van der Waals surface area contributed by atoms with Crippen LogP contribution in [0.4, 0.5) is 0 Å². The molecule has 6 rings (SSSR count). The lowest BCUT2D eigenvalue weighted by Gasteiger charge is -2.21. The maximum absolute atomic E-state index is 13.9. The molecule has 0 saturated heterocycles. The molecule has 4 amide bonds. The molecule has 0 unspecified atom stereocenters. The molecule has 0 aliphatic heterocycles. The largest absolute Gasteiger partial charge is 0.494 e. The smallest absolute Gasteiger partial charge is 0.298 e. The number of amides is 4. The molecule has 4 heterocycles. The van der Waals surface area contributed by atoms with E-state index in [1.807, 2.05) is 13.8 Å². The Morgan fingerprint density at radius 3 is 1.54 bits per heavy atom. The Balaban J connectivity index is 1.53. The lowest BCUT2D eigenvalue weighted by Crippen LogP contribution is -2.40. The number of nitrogens with zero attached hydrogens (tertiary/aromatic N) is 10. The summed E-state index contributed by atoms with van der Waals surface area (Å²) in [6, 6.07) is 9.04. The number of primary amides is 2. The predicted octanol–water partition coefficient (Wildman–Crippen LogP) is 0.194. The van der Waals surface area contributed by atoms with Gasteiger partial charge < -0.3 is 54.5 Å². The second-order valence-corrected chi connectivity index (χ2v) is 14.4. The number of rotatable bonds is 16. The first-order valence-corrected chi connectivity index (χ1v) is 19.5. The molecular formula is C40H50N12O9. The standard InChI is InChI=1S/C40H50N12O9/c1-8-51-27(13-21(3)45-51)37(58)43-39-47(5)25-15-23(35(41)56)17-31(60-7)33(25)49(39)19-29(54)30(55)20-50-34-26(16-24(36(42)57)18-32(34)61-12-10-11-53)48(6)40(50)44-38(59)28-14-22(4)46-52(28)9-2/h13-18,29-30,53-55H,8-12,19-20H2,1-7H3,(H2,41,56)(H2,42,57)/t29-,30-/m0/s1. The van der Waals surface area contributed by atoms with E-state index in [1.165, 1.54) is 59.0 Å². The molecular weight excluding hydrogens is 793 g/mol. The molecule has 0 bridgehead atoms. The van der Waals surface area contributed by atoms with Crippen molar-refractivity contribution < 1.29 is 44.0 Å². The van der Waals surface area contributed by atoms with Crippen molar-refractivity contribution in [3.8, 4) is 11.5 Å². The van der Waals surface area contributed by atoms with Crippen LogP contribution in [0.5, 0.6) is 11.5 Å². The van der Waals surface area contributed by atoms with Crippen LogP contribution in [0.15, 0.2) is 46.4 Å². The van der Waals surface area contributed by atoms with Crippen LogP contribution in [0.2, 0.25) is 0 Å². The molecule has 0 radical (unpaired) electrons. The van der Waals surface area contributed by atoms with Crippen molar-refractivity contribution in [2.24, 2.45) is 35.5 Å². The molecule has 0 spiro atoms. The minimum Gasteiger partial charge on any atom is -0.494 e. The van der Waals surface area contributed by atoms with E-state index in [0.29, 0.717) is 46.5 Å². The normalized spacial score (nSPS) is 13.3. The molecule has 0 fully saturated rings. The third kappa shape index (κ3) is 8.47. The summed E-state index contributed by atoms with van der Waals surface area (Å²) >= 11 is 0. The summed E-state index contributed by atoms with van der Waals surface area (Å²) in [4.78, 5) is 61.4. The van der Waals surface area contributed by atoms with Gasteiger partial charge in [-0.3, -0.25) is 28.5 Å². The van der Waals surface area contributed by atoms with Gasteiger partial charge in [-0.2, -0.15) is 20.2 Å². The van der Waals surface area contributed by atoms with Gasteiger partial charge in [0.05, 0.1) is 61.4 Å². The summed E-state index contributed by atoms with van der Waals surface area (Å²) in [5, 5.41) is 42.1. The molecule has 7 N–H and O–H groups in total. The van der Waals surface area contributed by atoms with Gasteiger partial charge in [0, 0.05) is 51.3 Å². The van der Waals surface area contributed by atoms with Crippen LogP contribution in [0.1, 0.15) is 73.3 Å². The third-order valence-electron chi connectivity index (χ3n) is 10.2. The number of nitrogens with two attached hydrogens (primary N) is 2. The molecule has 0 aliphatic carbocycles. The topological polar surface area (TPSA) is 280 Å². The van der Waals surface area contributed by atoms with Crippen LogP contribution in [-0.4, -0.2) is 109 Å². The Kier molecular flexibility index (Phi) is 12.8. The van der Waals surface area contributed by atoms with Crippen LogP contribution >= 0.6 is 0 Å². The van der Waals surface area contributed by atoms with E-state index in [0.717, 1.165) is 0 Å². The summed E-state index contributed by atoms with van der Waals surface area (Å²) in [6.07, 6.45) is -2.98. The van der Waals surface area contributed by atoms with Crippen LogP contribution in [0, 0.1) is 13.8 Å². The zero-order valence-corrected chi connectivity index (χ0v) is 35.0. The predicted molar refractivity (Wildman–Crippen MR) is 220 cm³/mol. The van der Waals surface area contributed by atoms with Crippen LogP contribution in [0.25, 0.3) is 22.1 Å². The second kappa shape index (κ2) is 17.8. The van der Waals surface area contributed by atoms with Crippen molar-refractivity contribution >= 4 is 45.7 Å². The van der Waals surface area contributed by atoms with Gasteiger partial charge in [-0.05, 0) is 64.1 Å². The Morgan fingerprint density at radius 1 is 0.721 bits per heavy atom. The molecule has 0 saturated carbocycles. The van der Waals surface area contributed by atoms with Crippen LogP contribution < -0.4 is 32.2 Å². The summed E-state index contributed by atoms with van der Waals surface area (Å²) in [5.74, 6) is -2.47. The van der Waals surface area contributed by atoms with Gasteiger partial charge in [-0.15, -0.1) is 0 Å². The highest BCUT2D eigenvalue weighted by molar-refractivity contribution is 6.00. The molecule has 21 nitrogen and oxygen atoms in total. The van der Waals surface area contributed by atoms with Crippen molar-refractivity contribution in [2.45, 2.75) is 72.5 Å². The number of aryl methyl sites for hydroxylation is 6. The molecule has 2 atom stereocenters. The van der Waals surface area contributed by atoms with Gasteiger partial charge in [0.15, 0.2) is 0 Å². The molecule has 21 heteroatoms. The minimum atomic E-state index is -1.62. The molecule has 0 aliphatic rings. The van der Waals surface area contributed by atoms with E-state index < -0.39 is 42.4 Å². The zero-order valence-electron chi connectivity index (χ0n) is 35.0. The molecule has 324 valence electrons. The molecule has 61 heavy (non-hydrogen) atoms. The SMILES string of the molecule is CCn1nc(C)cc1C(=O)N=c1n(C)c2cc(C(N)=O)cc(OC)c2n1C[C@H](O)[C@@H](O)Cn1c(=NC(=O)c2cc(C)nn2CC)n(C)c2cc(C(N)=O)cc(OCCCO)c21. The van der Waals surface area contributed by atoms with Crippen molar-refractivity contribution in [2.75, 3.05) is 20.3 Å². The Bertz CT molecular complexity index is 2830. The number of carbonyl (C=O) groups is 4. The number of fused-ring (bicyclic) bond motifs is 2. The van der Waals surface area contributed by atoms with Gasteiger partial charge in [0.25, 0.3) is 11.8 Å². The molecule has 2 aromatic carbocycles. The highest BCUT2D eigenvalue weighted by Crippen LogP contribution is 2.30. The molecule has 4 aromatic heterocycles. The fraction of sp³-hybridized carbons (Fsp3) is 0.400. The monoisotopic (exact) mass is 842 g/mol. The number of methoxy groups -OCH3 is 1. The number of hydrogen-bond acceptors (Lipinski definition) is 11. The first-order chi connectivity index (χ1) is 29.0. The first kappa shape index (κ1) is 43.7. The molecule has 6 aromatic rings. The van der Waals surface area contributed by atoms with Gasteiger partial charge in [0.1, 0.15) is 33.9 Å². The number of ether oxygens (including phenoxy) is 2. The van der Waals surface area contributed by atoms with Crippen LogP contribution in [0.3, 0.4) is 0 Å². The summed E-state index contributed by atoms with van der Waals surface area (Å²) in [5.41, 5.74) is 14.6. The van der Waals surface area contributed by atoms with Crippen molar-refractivity contribution in [1.82, 2.24) is 37.8 Å². The van der Waals surface area contributed by atoms with Crippen molar-refractivity contribution in [3.63, 3.8) is 0 Å². The zero-order chi connectivity index (χ0) is 44.4. The van der Waals surface area contributed by atoms with E-state index in [2.05, 4.69) is 20.2 Å². The summed E-state index contributed by atoms with van der Waals surface area (Å²) < 4.78 is 20.8. The van der Waals surface area contributed by atoms with Gasteiger partial charge in [-0.25, -0.2) is 0 Å². The number of imidazole rings is 2. The number of aliphatic hydroxyl groups excluding tert-OH is 3. The number of carbonyl (C=O) groups excluding carboxylic acids is 4. The van der Waals surface area contributed by atoms with E-state index >= 15 is 0 Å². The highest BCUT2D eigenvalue weighted by atomic mass is 16.5. The van der Waals surface area contributed by atoms with E-state index in [1.54, 1.807) is 40.1 Å².